The number of halogens is 4. The Morgan fingerprint density at radius 3 is 2.35 bits per heavy atom. The summed E-state index contributed by atoms with van der Waals surface area (Å²) in [5.74, 6) is -0.648. The van der Waals surface area contributed by atoms with E-state index in [-0.39, 0.29) is 11.5 Å². The largest absolute Gasteiger partial charge is 0.508 e. The molecule has 3 aromatic carbocycles. The Labute approximate surface area is 191 Å². The zero-order chi connectivity index (χ0) is 24.5. The first kappa shape index (κ1) is 23.4. The summed E-state index contributed by atoms with van der Waals surface area (Å²) in [5.41, 5.74) is -0.106. The van der Waals surface area contributed by atoms with Gasteiger partial charge in [-0.1, -0.05) is 18.2 Å². The standard InChI is InChI=1S/C24H19F4NO5/c25-16-6-8-17(9-7-16)29-21(14-4-10-18(30)11-5-14)22(34-23(29)32)20(31)13-33-19-3-1-2-15(12-19)24(26,27)28/h1-12,20-22,30-31H,13H2/t20?,21-,22?/m1/s1. The maximum atomic E-state index is 13.4. The number of benzene rings is 3. The molecule has 4 rings (SSSR count). The topological polar surface area (TPSA) is 79.2 Å². The number of carbonyl (C=O) groups excluding carboxylic acids is 1. The predicted molar refractivity (Wildman–Crippen MR) is 113 cm³/mol. The first-order valence-electron chi connectivity index (χ1n) is 10.2. The van der Waals surface area contributed by atoms with Gasteiger partial charge in [0.2, 0.25) is 0 Å². The summed E-state index contributed by atoms with van der Waals surface area (Å²) in [6, 6.07) is 14.2. The van der Waals surface area contributed by atoms with Gasteiger partial charge >= 0.3 is 12.3 Å². The Morgan fingerprint density at radius 1 is 1.03 bits per heavy atom. The molecule has 2 N–H and O–H groups in total. The van der Waals surface area contributed by atoms with Gasteiger partial charge in [-0.3, -0.25) is 4.90 Å². The van der Waals surface area contributed by atoms with Crippen molar-refractivity contribution in [3.05, 3.63) is 89.7 Å². The summed E-state index contributed by atoms with van der Waals surface area (Å²) in [6.07, 6.45) is -7.97. The van der Waals surface area contributed by atoms with E-state index in [4.69, 9.17) is 9.47 Å². The maximum absolute atomic E-state index is 13.4. The maximum Gasteiger partial charge on any atom is 0.416 e. The number of phenols is 1. The Bertz CT molecular complexity index is 1150. The van der Waals surface area contributed by atoms with Crippen LogP contribution in [0.4, 0.5) is 28.0 Å². The van der Waals surface area contributed by atoms with Crippen LogP contribution in [0.25, 0.3) is 0 Å². The highest BCUT2D eigenvalue weighted by atomic mass is 19.4. The van der Waals surface area contributed by atoms with Gasteiger partial charge in [0, 0.05) is 5.69 Å². The summed E-state index contributed by atoms with van der Waals surface area (Å²) >= 11 is 0. The minimum atomic E-state index is -4.56. The van der Waals surface area contributed by atoms with E-state index in [1.165, 1.54) is 53.4 Å². The average Bonchev–Trinajstić information content (AvgIpc) is 3.15. The lowest BCUT2D eigenvalue weighted by Crippen LogP contribution is -2.38. The van der Waals surface area contributed by atoms with Gasteiger partial charge in [0.05, 0.1) is 5.56 Å². The van der Waals surface area contributed by atoms with Gasteiger partial charge in [0.25, 0.3) is 0 Å². The Balaban J connectivity index is 1.59. The SMILES string of the molecule is O=C1OC(C(O)COc2cccc(C(F)(F)F)c2)[C@@H](c2ccc(O)cc2)N1c1ccc(F)cc1. The van der Waals surface area contributed by atoms with Crippen molar-refractivity contribution in [1.29, 1.82) is 0 Å². The van der Waals surface area contributed by atoms with Crippen LogP contribution in [0, 0.1) is 5.82 Å². The lowest BCUT2D eigenvalue weighted by Gasteiger charge is -2.27. The predicted octanol–water partition coefficient (Wildman–Crippen LogP) is 5.06. The van der Waals surface area contributed by atoms with Crippen LogP contribution in [0.2, 0.25) is 0 Å². The molecule has 0 saturated carbocycles. The number of hydrogen-bond acceptors (Lipinski definition) is 5. The van der Waals surface area contributed by atoms with Crippen LogP contribution in [-0.4, -0.2) is 35.1 Å². The van der Waals surface area contributed by atoms with Crippen LogP contribution in [-0.2, 0) is 10.9 Å². The molecule has 6 nitrogen and oxygen atoms in total. The van der Waals surface area contributed by atoms with E-state index in [0.29, 0.717) is 11.3 Å². The molecule has 3 atom stereocenters. The molecular weight excluding hydrogens is 458 g/mol. The number of aliphatic hydroxyl groups excluding tert-OH is 1. The minimum absolute atomic E-state index is 0.0210. The van der Waals surface area contributed by atoms with Gasteiger partial charge in [0.1, 0.15) is 36.1 Å². The lowest BCUT2D eigenvalue weighted by atomic mass is 9.96. The molecule has 10 heteroatoms. The fourth-order valence-electron chi connectivity index (χ4n) is 3.70. The van der Waals surface area contributed by atoms with Crippen LogP contribution < -0.4 is 9.64 Å². The number of ether oxygens (including phenoxy) is 2. The van der Waals surface area contributed by atoms with Gasteiger partial charge < -0.3 is 19.7 Å². The van der Waals surface area contributed by atoms with Gasteiger partial charge in [0.15, 0.2) is 6.10 Å². The van der Waals surface area contributed by atoms with Crippen molar-refractivity contribution in [2.24, 2.45) is 0 Å². The second-order valence-electron chi connectivity index (χ2n) is 7.64. The Hall–Kier alpha value is -3.79. The molecule has 1 fully saturated rings. The molecule has 34 heavy (non-hydrogen) atoms. The highest BCUT2D eigenvalue weighted by Crippen LogP contribution is 2.39. The van der Waals surface area contributed by atoms with E-state index in [9.17, 15) is 32.6 Å². The third-order valence-electron chi connectivity index (χ3n) is 5.32. The minimum Gasteiger partial charge on any atom is -0.508 e. The van der Waals surface area contributed by atoms with E-state index < -0.39 is 48.5 Å². The molecule has 0 aliphatic carbocycles. The third-order valence-corrected chi connectivity index (χ3v) is 5.32. The fourth-order valence-corrected chi connectivity index (χ4v) is 3.70. The number of aliphatic hydroxyl groups is 1. The number of anilines is 1. The number of aromatic hydroxyl groups is 1. The number of alkyl halides is 3. The summed E-state index contributed by atoms with van der Waals surface area (Å²) in [5, 5.41) is 20.4. The zero-order valence-electron chi connectivity index (χ0n) is 17.4. The number of carbonyl (C=O) groups is 1. The third kappa shape index (κ3) is 4.91. The van der Waals surface area contributed by atoms with Crippen molar-refractivity contribution in [3.8, 4) is 11.5 Å². The molecule has 1 heterocycles. The zero-order valence-corrected chi connectivity index (χ0v) is 17.4. The summed E-state index contributed by atoms with van der Waals surface area (Å²) in [6.45, 7) is -0.467. The van der Waals surface area contributed by atoms with Crippen LogP contribution in [0.3, 0.4) is 0 Å². The highest BCUT2D eigenvalue weighted by molar-refractivity contribution is 5.91. The molecule has 1 amide bonds. The molecule has 1 aliphatic heterocycles. The average molecular weight is 477 g/mol. The number of cyclic esters (lactones) is 1. The monoisotopic (exact) mass is 477 g/mol. The van der Waals surface area contributed by atoms with Crippen LogP contribution in [0.15, 0.2) is 72.8 Å². The summed E-state index contributed by atoms with van der Waals surface area (Å²) < 4.78 is 63.0. The Kier molecular flexibility index (Phi) is 6.34. The second kappa shape index (κ2) is 9.22. The van der Waals surface area contributed by atoms with Gasteiger partial charge in [-0.05, 0) is 60.2 Å². The van der Waals surface area contributed by atoms with E-state index in [0.717, 1.165) is 24.3 Å². The van der Waals surface area contributed by atoms with Gasteiger partial charge in [-0.2, -0.15) is 13.2 Å². The van der Waals surface area contributed by atoms with E-state index in [2.05, 4.69) is 0 Å². The molecule has 1 saturated heterocycles. The van der Waals surface area contributed by atoms with E-state index in [1.807, 2.05) is 0 Å². The van der Waals surface area contributed by atoms with Crippen molar-refractivity contribution >= 4 is 11.8 Å². The number of hydrogen-bond donors (Lipinski definition) is 2. The normalized spacial score (nSPS) is 19.1. The molecule has 3 aromatic rings. The lowest BCUT2D eigenvalue weighted by molar-refractivity contribution is -0.137. The molecule has 0 aromatic heterocycles. The molecule has 0 spiro atoms. The van der Waals surface area contributed by atoms with Crippen molar-refractivity contribution in [2.75, 3.05) is 11.5 Å². The van der Waals surface area contributed by atoms with E-state index in [1.54, 1.807) is 0 Å². The molecule has 2 unspecified atom stereocenters. The number of rotatable bonds is 6. The van der Waals surface area contributed by atoms with E-state index >= 15 is 0 Å². The van der Waals surface area contributed by atoms with Crippen molar-refractivity contribution in [3.63, 3.8) is 0 Å². The molecule has 1 aliphatic rings. The molecular formula is C24H19F4NO5. The number of nitrogens with zero attached hydrogens (tertiary/aromatic N) is 1. The van der Waals surface area contributed by atoms with Crippen molar-refractivity contribution < 1.29 is 42.0 Å². The first-order valence-corrected chi connectivity index (χ1v) is 10.2. The number of amides is 1. The summed E-state index contributed by atoms with van der Waals surface area (Å²) in [4.78, 5) is 14.0. The van der Waals surface area contributed by atoms with Crippen LogP contribution in [0.5, 0.6) is 11.5 Å². The van der Waals surface area contributed by atoms with Crippen molar-refractivity contribution in [2.45, 2.75) is 24.4 Å². The molecule has 0 radical (unpaired) electrons. The summed E-state index contributed by atoms with van der Waals surface area (Å²) in [7, 11) is 0. The van der Waals surface area contributed by atoms with Crippen molar-refractivity contribution in [1.82, 2.24) is 0 Å². The molecule has 178 valence electrons. The Morgan fingerprint density at radius 2 is 1.71 bits per heavy atom. The molecule has 0 bridgehead atoms. The number of phenolic OH excluding ortho intramolecular Hbond substituents is 1. The fraction of sp³-hybridized carbons (Fsp3) is 0.208. The highest BCUT2D eigenvalue weighted by Gasteiger charge is 2.47. The first-order chi connectivity index (χ1) is 16.1. The quantitative estimate of drug-likeness (QED) is 0.486. The smallest absolute Gasteiger partial charge is 0.416 e. The van der Waals surface area contributed by atoms with Crippen LogP contribution >= 0.6 is 0 Å². The van der Waals surface area contributed by atoms with Crippen LogP contribution in [0.1, 0.15) is 17.2 Å². The second-order valence-corrected chi connectivity index (χ2v) is 7.64. The van der Waals surface area contributed by atoms with Gasteiger partial charge in [-0.15, -0.1) is 0 Å². The van der Waals surface area contributed by atoms with Gasteiger partial charge in [-0.25, -0.2) is 9.18 Å².